The van der Waals surface area contributed by atoms with E-state index in [4.69, 9.17) is 14.8 Å². The maximum Gasteiger partial charge on any atom is 0.356 e. The second-order valence-electron chi connectivity index (χ2n) is 11.3. The largest absolute Gasteiger partial charge is 0.464 e. The van der Waals surface area contributed by atoms with Gasteiger partial charge >= 0.3 is 5.97 Å². The predicted molar refractivity (Wildman–Crippen MR) is 140 cm³/mol. The summed E-state index contributed by atoms with van der Waals surface area (Å²) in [4.78, 5) is 22.8. The summed E-state index contributed by atoms with van der Waals surface area (Å²) < 4.78 is 20.6. The fraction of sp³-hybridized carbons (Fsp3) is 0.552. The summed E-state index contributed by atoms with van der Waals surface area (Å²) in [7, 11) is 1.39. The van der Waals surface area contributed by atoms with E-state index in [1.54, 1.807) is 16.8 Å². The molecule has 37 heavy (non-hydrogen) atoms. The van der Waals surface area contributed by atoms with Crippen LogP contribution >= 0.6 is 0 Å². The number of carbonyl (C=O) groups is 1. The highest BCUT2D eigenvalue weighted by molar-refractivity contribution is 5.99. The molecule has 2 aliphatic heterocycles. The number of anilines is 1. The average molecular weight is 504 g/mol. The lowest BCUT2D eigenvalue weighted by molar-refractivity contribution is 0.0594. The molecule has 0 radical (unpaired) electrons. The number of rotatable bonds is 5. The van der Waals surface area contributed by atoms with Crippen LogP contribution in [-0.4, -0.2) is 64.5 Å². The first-order chi connectivity index (χ1) is 18.1. The predicted octanol–water partition coefficient (Wildman–Crippen LogP) is 5.07. The van der Waals surface area contributed by atoms with E-state index in [0.29, 0.717) is 23.5 Å². The van der Waals surface area contributed by atoms with Crippen LogP contribution in [-0.2, 0) is 4.74 Å². The van der Waals surface area contributed by atoms with Gasteiger partial charge in [0.25, 0.3) is 0 Å². The molecule has 4 fully saturated rings. The van der Waals surface area contributed by atoms with E-state index in [1.165, 1.54) is 57.9 Å². The van der Waals surface area contributed by atoms with E-state index in [0.717, 1.165) is 60.8 Å². The Morgan fingerprint density at radius 3 is 2.49 bits per heavy atom. The van der Waals surface area contributed by atoms with Crippen molar-refractivity contribution < 1.29 is 13.9 Å². The number of halogens is 1. The summed E-state index contributed by atoms with van der Waals surface area (Å²) in [6.07, 6.45) is 9.87. The highest BCUT2D eigenvalue weighted by Gasteiger charge is 2.43. The molecule has 2 atom stereocenters. The van der Waals surface area contributed by atoms with Gasteiger partial charge in [0.15, 0.2) is 11.3 Å². The van der Waals surface area contributed by atoms with Gasteiger partial charge in [-0.3, -0.25) is 4.90 Å². The molecule has 1 aromatic carbocycles. The van der Waals surface area contributed by atoms with E-state index in [2.05, 4.69) is 9.80 Å². The van der Waals surface area contributed by atoms with Gasteiger partial charge in [0.05, 0.1) is 29.6 Å². The highest BCUT2D eigenvalue weighted by atomic mass is 19.1. The molecule has 3 aromatic rings. The Labute approximate surface area is 216 Å². The van der Waals surface area contributed by atoms with Crippen molar-refractivity contribution in [1.29, 1.82) is 0 Å². The monoisotopic (exact) mass is 503 g/mol. The van der Waals surface area contributed by atoms with Gasteiger partial charge in [-0.1, -0.05) is 12.8 Å². The van der Waals surface area contributed by atoms with Gasteiger partial charge in [0, 0.05) is 31.1 Å². The average Bonchev–Trinajstić information content (AvgIpc) is 3.43. The Kier molecular flexibility index (Phi) is 5.68. The van der Waals surface area contributed by atoms with Crippen molar-refractivity contribution in [2.75, 3.05) is 31.6 Å². The Morgan fingerprint density at radius 1 is 1.03 bits per heavy atom. The van der Waals surface area contributed by atoms with Crippen LogP contribution in [0.25, 0.3) is 16.7 Å². The number of piperidine rings is 1. The summed E-state index contributed by atoms with van der Waals surface area (Å²) in [5, 5.41) is 6.09. The molecule has 2 saturated heterocycles. The number of hydrogen-bond donors (Lipinski definition) is 0. The quantitative estimate of drug-likeness (QED) is 0.453. The van der Waals surface area contributed by atoms with E-state index in [-0.39, 0.29) is 11.5 Å². The standard InChI is InChI=1S/C29H34FN5O2/c1-37-29(36)23-16-25(33-14-13-24-19(17-33)12-15-34(24)21-6-3-7-21)26-27(18-4-2-5-18)32-35(28(26)31-23)22-10-8-20(30)9-11-22/h8-11,16,18-19,21,24H,2-7,12-15,17H2,1H3. The van der Waals surface area contributed by atoms with Crippen molar-refractivity contribution >= 4 is 22.7 Å². The van der Waals surface area contributed by atoms with Crippen LogP contribution in [0, 0.1) is 11.7 Å². The van der Waals surface area contributed by atoms with Crippen LogP contribution in [0.1, 0.15) is 73.5 Å². The number of methoxy groups -OCH3 is 1. The minimum absolute atomic E-state index is 0.290. The van der Waals surface area contributed by atoms with Crippen molar-refractivity contribution in [2.24, 2.45) is 5.92 Å². The Morgan fingerprint density at radius 2 is 1.81 bits per heavy atom. The Hall–Kier alpha value is -3.00. The summed E-state index contributed by atoms with van der Waals surface area (Å²) in [5.74, 6) is 0.274. The Balaban J connectivity index is 1.33. The number of pyridine rings is 1. The van der Waals surface area contributed by atoms with Crippen molar-refractivity contribution in [3.05, 3.63) is 47.5 Å². The molecule has 8 heteroatoms. The van der Waals surface area contributed by atoms with Gasteiger partial charge in [0.1, 0.15) is 5.82 Å². The van der Waals surface area contributed by atoms with Gasteiger partial charge in [-0.05, 0) is 81.3 Å². The number of hydrogen-bond acceptors (Lipinski definition) is 6. The molecule has 0 N–H and O–H groups in total. The number of esters is 1. The Bertz CT molecular complexity index is 1330. The summed E-state index contributed by atoms with van der Waals surface area (Å²) in [6, 6.07) is 9.71. The van der Waals surface area contributed by atoms with Crippen LogP contribution < -0.4 is 4.90 Å². The van der Waals surface area contributed by atoms with E-state index in [1.807, 2.05) is 6.07 Å². The molecule has 7 nitrogen and oxygen atoms in total. The van der Waals surface area contributed by atoms with Gasteiger partial charge in [-0.25, -0.2) is 18.9 Å². The molecular formula is C29H34FN5O2. The van der Waals surface area contributed by atoms with Crippen molar-refractivity contribution in [3.8, 4) is 5.69 Å². The minimum atomic E-state index is -0.452. The van der Waals surface area contributed by atoms with Crippen LogP contribution in [0.4, 0.5) is 10.1 Å². The van der Waals surface area contributed by atoms with E-state index in [9.17, 15) is 9.18 Å². The van der Waals surface area contributed by atoms with Gasteiger partial charge in [-0.2, -0.15) is 5.10 Å². The van der Waals surface area contributed by atoms with E-state index >= 15 is 0 Å². The first-order valence-corrected chi connectivity index (χ1v) is 13.9. The number of fused-ring (bicyclic) bond motifs is 2. The molecule has 2 saturated carbocycles. The number of ether oxygens (including phenoxy) is 1. The third-order valence-electron chi connectivity index (χ3n) is 9.36. The molecule has 2 aliphatic carbocycles. The third-order valence-corrected chi connectivity index (χ3v) is 9.36. The van der Waals surface area contributed by atoms with Crippen LogP contribution in [0.3, 0.4) is 0 Å². The van der Waals surface area contributed by atoms with Gasteiger partial charge < -0.3 is 9.64 Å². The molecular weight excluding hydrogens is 469 g/mol. The molecule has 2 aromatic heterocycles. The fourth-order valence-corrected chi connectivity index (χ4v) is 6.92. The molecule has 7 rings (SSSR count). The SMILES string of the molecule is COC(=O)c1cc(N2CCC3C(CCN3C3CCC3)C2)c2c(C3CCC3)nn(-c3ccc(F)cc3)c2n1. The molecule has 4 aliphatic rings. The first-order valence-electron chi connectivity index (χ1n) is 13.9. The van der Waals surface area contributed by atoms with Crippen LogP contribution in [0.2, 0.25) is 0 Å². The first kappa shape index (κ1) is 23.1. The normalized spacial score (nSPS) is 24.6. The second-order valence-corrected chi connectivity index (χ2v) is 11.3. The molecule has 2 unspecified atom stereocenters. The lowest BCUT2D eigenvalue weighted by atomic mass is 9.81. The molecule has 0 bridgehead atoms. The zero-order valence-electron chi connectivity index (χ0n) is 21.4. The highest BCUT2D eigenvalue weighted by Crippen LogP contribution is 2.45. The minimum Gasteiger partial charge on any atom is -0.464 e. The van der Waals surface area contributed by atoms with Gasteiger partial charge in [-0.15, -0.1) is 0 Å². The molecule has 194 valence electrons. The van der Waals surface area contributed by atoms with Crippen molar-refractivity contribution in [2.45, 2.75) is 69.4 Å². The maximum absolute atomic E-state index is 13.7. The van der Waals surface area contributed by atoms with Crippen molar-refractivity contribution in [3.63, 3.8) is 0 Å². The third kappa shape index (κ3) is 3.83. The summed E-state index contributed by atoms with van der Waals surface area (Å²) >= 11 is 0. The summed E-state index contributed by atoms with van der Waals surface area (Å²) in [6.45, 7) is 3.15. The number of likely N-dealkylation sites (tertiary alicyclic amines) is 1. The maximum atomic E-state index is 13.7. The molecule has 4 heterocycles. The van der Waals surface area contributed by atoms with Crippen LogP contribution in [0.5, 0.6) is 0 Å². The fourth-order valence-electron chi connectivity index (χ4n) is 6.92. The van der Waals surface area contributed by atoms with Crippen LogP contribution in [0.15, 0.2) is 30.3 Å². The summed E-state index contributed by atoms with van der Waals surface area (Å²) in [5.41, 5.74) is 3.77. The zero-order valence-corrected chi connectivity index (χ0v) is 21.4. The van der Waals surface area contributed by atoms with E-state index < -0.39 is 5.97 Å². The van der Waals surface area contributed by atoms with Crippen molar-refractivity contribution in [1.82, 2.24) is 19.7 Å². The lowest BCUT2D eigenvalue weighted by Crippen LogP contribution is -2.50. The van der Waals surface area contributed by atoms with Gasteiger partial charge in [0.2, 0.25) is 0 Å². The zero-order chi connectivity index (χ0) is 25.1. The number of nitrogens with zero attached hydrogens (tertiary/aromatic N) is 5. The number of aromatic nitrogens is 3. The number of benzene rings is 1. The second kappa shape index (κ2) is 9.08. The molecule has 0 amide bonds. The number of carbonyl (C=O) groups excluding carboxylic acids is 1. The lowest BCUT2D eigenvalue weighted by Gasteiger charge is -2.44. The topological polar surface area (TPSA) is 63.5 Å². The molecule has 0 spiro atoms. The smallest absolute Gasteiger partial charge is 0.356 e.